The topological polar surface area (TPSA) is 78.7 Å². The summed E-state index contributed by atoms with van der Waals surface area (Å²) in [5.74, 6) is 0. The van der Waals surface area contributed by atoms with Crippen LogP contribution in [-0.4, -0.2) is 17.1 Å². The van der Waals surface area contributed by atoms with Gasteiger partial charge >= 0.3 is 7.60 Å². The van der Waals surface area contributed by atoms with Crippen molar-refractivity contribution in [3.05, 3.63) is 21.6 Å². The average Bonchev–Trinajstić information content (AvgIpc) is 1.98. The van der Waals surface area contributed by atoms with Crippen molar-refractivity contribution >= 4 is 7.60 Å². The van der Waals surface area contributed by atoms with E-state index < -0.39 is 12.5 Å². The van der Waals surface area contributed by atoms with E-state index in [4.69, 9.17) is 9.05 Å². The zero-order valence-corrected chi connectivity index (χ0v) is 11.1. The van der Waals surface area contributed by atoms with E-state index in [0.717, 1.165) is 0 Å². The number of hydrogen-bond acceptors (Lipinski definition) is 5. The molecule has 0 rings (SSSR count). The summed E-state index contributed by atoms with van der Waals surface area (Å²) in [5, 5.41) is 10.3. The molecule has 0 aromatic rings. The molecule has 0 radical (unpaired) electrons. The molecule has 0 atom stereocenters. The van der Waals surface area contributed by atoms with Crippen LogP contribution in [0.15, 0.2) is 11.5 Å². The predicted octanol–water partition coefficient (Wildman–Crippen LogP) is 3.17. The lowest BCUT2D eigenvalue weighted by Crippen LogP contribution is -2.09. The number of nitrogens with zero attached hydrogens (tertiary/aromatic N) is 1. The summed E-state index contributed by atoms with van der Waals surface area (Å²) in [6.07, 6.45) is -0.00897. The molecular formula is C9H18NO5P. The molecule has 7 heteroatoms. The second-order valence-electron chi connectivity index (χ2n) is 3.86. The quantitative estimate of drug-likeness (QED) is 0.411. The Morgan fingerprint density at radius 3 is 1.88 bits per heavy atom. The molecule has 0 saturated carbocycles. The Morgan fingerprint density at radius 1 is 1.25 bits per heavy atom. The Morgan fingerprint density at radius 2 is 1.62 bits per heavy atom. The second kappa shape index (κ2) is 6.13. The van der Waals surface area contributed by atoms with E-state index in [9.17, 15) is 14.7 Å². The lowest BCUT2D eigenvalue weighted by molar-refractivity contribution is -0.403. The summed E-state index contributed by atoms with van der Waals surface area (Å²) in [7, 11) is -3.56. The number of hydrogen-bond donors (Lipinski definition) is 0. The van der Waals surface area contributed by atoms with Gasteiger partial charge in [0.1, 0.15) is 5.31 Å². The van der Waals surface area contributed by atoms with Gasteiger partial charge in [-0.15, -0.1) is 0 Å². The van der Waals surface area contributed by atoms with Crippen LogP contribution in [0, 0.1) is 10.1 Å². The molecule has 0 aliphatic rings. The molecule has 0 aromatic heterocycles. The fraction of sp³-hybridized carbons (Fsp3) is 0.778. The zero-order chi connectivity index (χ0) is 12.9. The Hall–Kier alpha value is -0.710. The first-order valence-electron chi connectivity index (χ1n) is 4.96. The lowest BCUT2D eigenvalue weighted by atomic mass is 10.5. The third-order valence-corrected chi connectivity index (χ3v) is 3.80. The lowest BCUT2D eigenvalue weighted by Gasteiger charge is -2.22. The maximum Gasteiger partial charge on any atom is 0.363 e. The third kappa shape index (κ3) is 5.39. The predicted molar refractivity (Wildman–Crippen MR) is 60.8 cm³/mol. The molecule has 0 spiro atoms. The minimum Gasteiger partial charge on any atom is -0.303 e. The van der Waals surface area contributed by atoms with Crippen LogP contribution in [0.5, 0.6) is 0 Å². The first-order chi connectivity index (χ1) is 7.17. The van der Waals surface area contributed by atoms with Gasteiger partial charge in [0.05, 0.1) is 17.1 Å². The summed E-state index contributed by atoms with van der Waals surface area (Å²) < 4.78 is 22.6. The average molecular weight is 251 g/mol. The highest BCUT2D eigenvalue weighted by Crippen LogP contribution is 2.57. The van der Waals surface area contributed by atoms with Crippen LogP contribution < -0.4 is 0 Å². The van der Waals surface area contributed by atoms with Crippen LogP contribution in [0.3, 0.4) is 0 Å². The van der Waals surface area contributed by atoms with E-state index in [1.54, 1.807) is 27.7 Å². The van der Waals surface area contributed by atoms with E-state index in [1.807, 2.05) is 0 Å². The molecule has 0 heterocycles. The van der Waals surface area contributed by atoms with Gasteiger partial charge in [0.15, 0.2) is 0 Å². The van der Waals surface area contributed by atoms with Crippen LogP contribution >= 0.6 is 7.60 Å². The van der Waals surface area contributed by atoms with E-state index >= 15 is 0 Å². The molecule has 0 bridgehead atoms. The Balaban J connectivity index is 5.07. The van der Waals surface area contributed by atoms with Crippen molar-refractivity contribution in [3.8, 4) is 0 Å². The van der Waals surface area contributed by atoms with Gasteiger partial charge in [-0.1, -0.05) is 0 Å². The van der Waals surface area contributed by atoms with Crippen molar-refractivity contribution in [2.24, 2.45) is 0 Å². The first kappa shape index (κ1) is 15.3. The standard InChI is InChI=1S/C9H18NO5P/c1-7(2)14-16(13,15-8(3)4)9(5)6-10(11)12/h6-8H,1-5H3. The zero-order valence-electron chi connectivity index (χ0n) is 10.2. The normalized spacial score (nSPS) is 13.6. The summed E-state index contributed by atoms with van der Waals surface area (Å²) in [6.45, 7) is 8.13. The minimum atomic E-state index is -3.56. The Kier molecular flexibility index (Phi) is 5.86. The fourth-order valence-corrected chi connectivity index (χ4v) is 2.70. The second-order valence-corrected chi connectivity index (χ2v) is 5.98. The number of allylic oxidation sites excluding steroid dienone is 1. The van der Waals surface area contributed by atoms with Crippen molar-refractivity contribution in [1.82, 2.24) is 0 Å². The largest absolute Gasteiger partial charge is 0.363 e. The molecule has 94 valence electrons. The van der Waals surface area contributed by atoms with E-state index in [0.29, 0.717) is 6.20 Å². The van der Waals surface area contributed by atoms with Gasteiger partial charge in [0.2, 0.25) is 6.20 Å². The van der Waals surface area contributed by atoms with Crippen LogP contribution in [0.4, 0.5) is 0 Å². The molecule has 16 heavy (non-hydrogen) atoms. The van der Waals surface area contributed by atoms with Gasteiger partial charge in [-0.25, -0.2) is 0 Å². The first-order valence-corrected chi connectivity index (χ1v) is 6.51. The van der Waals surface area contributed by atoms with Crippen molar-refractivity contribution in [2.45, 2.75) is 46.8 Å². The summed E-state index contributed by atoms with van der Waals surface area (Å²) in [5.41, 5.74) is 0. The molecule has 0 saturated heterocycles. The molecule has 0 unspecified atom stereocenters. The summed E-state index contributed by atoms with van der Waals surface area (Å²) in [4.78, 5) is 9.65. The van der Waals surface area contributed by atoms with Crippen molar-refractivity contribution in [3.63, 3.8) is 0 Å². The maximum absolute atomic E-state index is 12.3. The highest BCUT2D eigenvalue weighted by molar-refractivity contribution is 7.58. The van der Waals surface area contributed by atoms with Crippen LogP contribution in [0.1, 0.15) is 34.6 Å². The van der Waals surface area contributed by atoms with E-state index in [1.165, 1.54) is 6.92 Å². The minimum absolute atomic E-state index is 0.0000926. The van der Waals surface area contributed by atoms with Gasteiger partial charge in [0.25, 0.3) is 0 Å². The monoisotopic (exact) mass is 251 g/mol. The molecule has 0 aromatic carbocycles. The molecule has 0 amide bonds. The van der Waals surface area contributed by atoms with Crippen molar-refractivity contribution < 1.29 is 18.5 Å². The Bertz CT molecular complexity index is 310. The third-order valence-electron chi connectivity index (χ3n) is 1.42. The summed E-state index contributed by atoms with van der Waals surface area (Å²) >= 11 is 0. The van der Waals surface area contributed by atoms with Gasteiger partial charge in [-0.05, 0) is 34.6 Å². The van der Waals surface area contributed by atoms with E-state index in [2.05, 4.69) is 0 Å². The van der Waals surface area contributed by atoms with Crippen LogP contribution in [0.2, 0.25) is 0 Å². The van der Waals surface area contributed by atoms with Crippen LogP contribution in [0.25, 0.3) is 0 Å². The van der Waals surface area contributed by atoms with Crippen molar-refractivity contribution in [1.29, 1.82) is 0 Å². The highest BCUT2D eigenvalue weighted by Gasteiger charge is 2.32. The number of nitro groups is 1. The molecule has 0 N–H and O–H groups in total. The van der Waals surface area contributed by atoms with Crippen molar-refractivity contribution in [2.75, 3.05) is 0 Å². The van der Waals surface area contributed by atoms with Gasteiger partial charge < -0.3 is 9.05 Å². The van der Waals surface area contributed by atoms with E-state index in [-0.39, 0.29) is 17.5 Å². The molecule has 0 aliphatic carbocycles. The molecule has 0 fully saturated rings. The molecular weight excluding hydrogens is 233 g/mol. The molecule has 0 aliphatic heterocycles. The SMILES string of the molecule is CC(=C[N+](=O)[O-])P(=O)(OC(C)C)OC(C)C. The number of rotatable bonds is 6. The highest BCUT2D eigenvalue weighted by atomic mass is 31.2. The molecule has 6 nitrogen and oxygen atoms in total. The van der Waals surface area contributed by atoms with Crippen LogP contribution in [-0.2, 0) is 13.6 Å². The summed E-state index contributed by atoms with van der Waals surface area (Å²) in [6, 6.07) is 0. The smallest absolute Gasteiger partial charge is 0.303 e. The van der Waals surface area contributed by atoms with Gasteiger partial charge in [0, 0.05) is 0 Å². The van der Waals surface area contributed by atoms with Gasteiger partial charge in [-0.3, -0.25) is 14.7 Å². The van der Waals surface area contributed by atoms with Gasteiger partial charge in [-0.2, -0.15) is 0 Å². The Labute approximate surface area is 95.3 Å². The fourth-order valence-electron chi connectivity index (χ4n) is 0.969. The maximum atomic E-state index is 12.3.